The van der Waals surface area contributed by atoms with Crippen molar-refractivity contribution in [1.29, 1.82) is 0 Å². The van der Waals surface area contributed by atoms with Crippen LogP contribution in [0.2, 0.25) is 0 Å². The lowest BCUT2D eigenvalue weighted by atomic mass is 10.1. The minimum atomic E-state index is -1.03. The second-order valence-electron chi connectivity index (χ2n) is 4.13. The van der Waals surface area contributed by atoms with Gasteiger partial charge in [0.25, 0.3) is 0 Å². The van der Waals surface area contributed by atoms with Crippen LogP contribution in [0.1, 0.15) is 27.4 Å². The van der Waals surface area contributed by atoms with Crippen molar-refractivity contribution < 1.29 is 19.2 Å². The third-order valence-corrected chi connectivity index (χ3v) is 2.96. The maximum Gasteiger partial charge on any atom is 0.339 e. The number of halogens is 1. The molecular weight excluding hydrogens is 314 g/mol. The second kappa shape index (κ2) is 5.44. The first kappa shape index (κ1) is 13.6. The summed E-state index contributed by atoms with van der Waals surface area (Å²) in [6.07, 6.45) is 0. The van der Waals surface area contributed by atoms with E-state index in [-0.39, 0.29) is 12.2 Å². The van der Waals surface area contributed by atoms with Crippen molar-refractivity contribution in [2.45, 2.75) is 20.5 Å². The molecule has 19 heavy (non-hydrogen) atoms. The number of aromatic nitrogens is 1. The number of carboxylic acids is 1. The Labute approximate surface area is 118 Å². The molecule has 0 unspecified atom stereocenters. The predicted molar refractivity (Wildman–Crippen MR) is 71.4 cm³/mol. The molecule has 1 aromatic carbocycles. The summed E-state index contributed by atoms with van der Waals surface area (Å²) in [5.74, 6) is -0.144. The largest absolute Gasteiger partial charge is 0.484 e. The predicted octanol–water partition coefficient (Wildman–Crippen LogP) is 3.33. The number of ether oxygens (including phenoxy) is 1. The van der Waals surface area contributed by atoms with E-state index in [1.807, 2.05) is 0 Å². The summed E-state index contributed by atoms with van der Waals surface area (Å²) in [6, 6.07) is 5.05. The van der Waals surface area contributed by atoms with Crippen LogP contribution in [0.4, 0.5) is 0 Å². The lowest BCUT2D eigenvalue weighted by Gasteiger charge is -2.11. The summed E-state index contributed by atoms with van der Waals surface area (Å²) in [7, 11) is 0. The molecule has 100 valence electrons. The van der Waals surface area contributed by atoms with E-state index in [1.54, 1.807) is 26.0 Å². The average Bonchev–Trinajstić information content (AvgIpc) is 2.73. The molecule has 1 heterocycles. The maximum absolute atomic E-state index is 11.2. The van der Waals surface area contributed by atoms with E-state index in [4.69, 9.17) is 9.26 Å². The molecule has 0 saturated carbocycles. The van der Waals surface area contributed by atoms with Crippen LogP contribution >= 0.6 is 15.9 Å². The first-order valence-corrected chi connectivity index (χ1v) is 6.35. The van der Waals surface area contributed by atoms with Gasteiger partial charge < -0.3 is 14.4 Å². The molecule has 0 amide bonds. The van der Waals surface area contributed by atoms with Crippen LogP contribution in [-0.4, -0.2) is 16.2 Å². The molecule has 0 spiro atoms. The van der Waals surface area contributed by atoms with Crippen molar-refractivity contribution in [3.63, 3.8) is 0 Å². The molecule has 1 N–H and O–H groups in total. The summed E-state index contributed by atoms with van der Waals surface area (Å²) in [5.41, 5.74) is 1.61. The summed E-state index contributed by atoms with van der Waals surface area (Å²) in [5, 5.41) is 12.9. The number of hydrogen-bond donors (Lipinski definition) is 1. The molecule has 0 saturated heterocycles. The van der Waals surface area contributed by atoms with Crippen molar-refractivity contribution in [3.8, 4) is 5.75 Å². The van der Waals surface area contributed by atoms with Crippen LogP contribution < -0.4 is 4.74 Å². The number of rotatable bonds is 4. The van der Waals surface area contributed by atoms with E-state index in [0.717, 1.165) is 11.3 Å². The minimum absolute atomic E-state index is 0.114. The van der Waals surface area contributed by atoms with Crippen molar-refractivity contribution in [3.05, 3.63) is 45.3 Å². The SMILES string of the molecule is Cc1cc(COc2c(C)cc(Br)cc2C(=O)O)on1. The van der Waals surface area contributed by atoms with Gasteiger partial charge in [0.2, 0.25) is 0 Å². The van der Waals surface area contributed by atoms with Gasteiger partial charge in [-0.1, -0.05) is 21.1 Å². The number of carbonyl (C=O) groups is 1. The zero-order chi connectivity index (χ0) is 14.0. The van der Waals surface area contributed by atoms with Gasteiger partial charge in [0.15, 0.2) is 5.76 Å². The van der Waals surface area contributed by atoms with Crippen LogP contribution in [0.3, 0.4) is 0 Å². The van der Waals surface area contributed by atoms with Gasteiger partial charge in [-0.2, -0.15) is 0 Å². The Kier molecular flexibility index (Phi) is 3.90. The van der Waals surface area contributed by atoms with Gasteiger partial charge in [0.05, 0.1) is 5.69 Å². The van der Waals surface area contributed by atoms with Gasteiger partial charge >= 0.3 is 5.97 Å². The van der Waals surface area contributed by atoms with Gasteiger partial charge in [-0.25, -0.2) is 4.79 Å². The summed E-state index contributed by atoms with van der Waals surface area (Å²) < 4.78 is 11.3. The molecule has 0 aliphatic rings. The summed E-state index contributed by atoms with van der Waals surface area (Å²) in [4.78, 5) is 11.2. The Balaban J connectivity index is 2.26. The monoisotopic (exact) mass is 325 g/mol. The third kappa shape index (κ3) is 3.14. The maximum atomic E-state index is 11.2. The molecular formula is C13H12BrNO4. The standard InChI is InChI=1S/C13H12BrNO4/c1-7-3-9(14)5-11(13(16)17)12(7)18-6-10-4-8(2)15-19-10/h3-5H,6H2,1-2H3,(H,16,17). The summed E-state index contributed by atoms with van der Waals surface area (Å²) in [6.45, 7) is 3.74. The van der Waals surface area contributed by atoms with E-state index >= 15 is 0 Å². The Morgan fingerprint density at radius 3 is 2.74 bits per heavy atom. The van der Waals surface area contributed by atoms with E-state index in [9.17, 15) is 9.90 Å². The molecule has 5 nitrogen and oxygen atoms in total. The van der Waals surface area contributed by atoms with E-state index in [2.05, 4.69) is 21.1 Å². The topological polar surface area (TPSA) is 72.6 Å². The summed E-state index contributed by atoms with van der Waals surface area (Å²) >= 11 is 3.27. The Hall–Kier alpha value is -1.82. The van der Waals surface area contributed by atoms with Gasteiger partial charge in [0, 0.05) is 10.5 Å². The first-order valence-electron chi connectivity index (χ1n) is 5.56. The number of aromatic carboxylic acids is 1. The molecule has 0 radical (unpaired) electrons. The normalized spacial score (nSPS) is 10.5. The van der Waals surface area contributed by atoms with Crippen molar-refractivity contribution in [1.82, 2.24) is 5.16 Å². The Bertz CT molecular complexity index is 621. The Morgan fingerprint density at radius 1 is 1.42 bits per heavy atom. The molecule has 6 heteroatoms. The van der Waals surface area contributed by atoms with E-state index < -0.39 is 5.97 Å². The van der Waals surface area contributed by atoms with Gasteiger partial charge in [-0.05, 0) is 31.5 Å². The molecule has 0 aliphatic heterocycles. The zero-order valence-electron chi connectivity index (χ0n) is 10.4. The van der Waals surface area contributed by atoms with Gasteiger partial charge in [-0.3, -0.25) is 0 Å². The van der Waals surface area contributed by atoms with Crippen LogP contribution in [0.25, 0.3) is 0 Å². The third-order valence-electron chi connectivity index (χ3n) is 2.51. The zero-order valence-corrected chi connectivity index (χ0v) is 12.0. The molecule has 2 aromatic rings. The van der Waals surface area contributed by atoms with Crippen LogP contribution in [0, 0.1) is 13.8 Å². The molecule has 0 bridgehead atoms. The number of carboxylic acid groups (broad SMARTS) is 1. The highest BCUT2D eigenvalue weighted by atomic mass is 79.9. The quantitative estimate of drug-likeness (QED) is 0.933. The number of aryl methyl sites for hydroxylation is 2. The molecule has 0 atom stereocenters. The number of nitrogens with zero attached hydrogens (tertiary/aromatic N) is 1. The van der Waals surface area contributed by atoms with Crippen molar-refractivity contribution >= 4 is 21.9 Å². The lowest BCUT2D eigenvalue weighted by Crippen LogP contribution is -2.05. The highest BCUT2D eigenvalue weighted by Crippen LogP contribution is 2.28. The Morgan fingerprint density at radius 2 is 2.16 bits per heavy atom. The fourth-order valence-corrected chi connectivity index (χ4v) is 2.28. The van der Waals surface area contributed by atoms with Crippen LogP contribution in [0.5, 0.6) is 5.75 Å². The first-order chi connectivity index (χ1) is 8.97. The molecule has 2 rings (SSSR count). The van der Waals surface area contributed by atoms with Gasteiger partial charge in [-0.15, -0.1) is 0 Å². The molecule has 1 aromatic heterocycles. The second-order valence-corrected chi connectivity index (χ2v) is 5.04. The molecule has 0 fully saturated rings. The smallest absolute Gasteiger partial charge is 0.339 e. The fraction of sp³-hybridized carbons (Fsp3) is 0.231. The van der Waals surface area contributed by atoms with Crippen LogP contribution in [0.15, 0.2) is 27.2 Å². The average molecular weight is 326 g/mol. The lowest BCUT2D eigenvalue weighted by molar-refractivity contribution is 0.0690. The number of benzene rings is 1. The highest BCUT2D eigenvalue weighted by Gasteiger charge is 2.16. The van der Waals surface area contributed by atoms with E-state index in [0.29, 0.717) is 16.0 Å². The van der Waals surface area contributed by atoms with Gasteiger partial charge in [0.1, 0.15) is 17.9 Å². The molecule has 0 aliphatic carbocycles. The van der Waals surface area contributed by atoms with Crippen molar-refractivity contribution in [2.24, 2.45) is 0 Å². The minimum Gasteiger partial charge on any atom is -0.484 e. The highest BCUT2D eigenvalue weighted by molar-refractivity contribution is 9.10. The van der Waals surface area contributed by atoms with Crippen LogP contribution in [-0.2, 0) is 6.61 Å². The number of hydrogen-bond acceptors (Lipinski definition) is 4. The van der Waals surface area contributed by atoms with Crippen molar-refractivity contribution in [2.75, 3.05) is 0 Å². The fourth-order valence-electron chi connectivity index (χ4n) is 1.71. The van der Waals surface area contributed by atoms with E-state index in [1.165, 1.54) is 6.07 Å².